The lowest BCUT2D eigenvalue weighted by atomic mass is 10.1. The summed E-state index contributed by atoms with van der Waals surface area (Å²) in [5.41, 5.74) is -1.88. The first-order chi connectivity index (χ1) is 6.98. The number of benzene rings is 1. The van der Waals surface area contributed by atoms with E-state index in [4.69, 9.17) is 4.74 Å². The van der Waals surface area contributed by atoms with E-state index in [9.17, 15) is 13.2 Å². The van der Waals surface area contributed by atoms with Crippen LogP contribution < -0.4 is 10.1 Å². The summed E-state index contributed by atoms with van der Waals surface area (Å²) in [6.45, 7) is 1.44. The summed E-state index contributed by atoms with van der Waals surface area (Å²) < 4.78 is 43.4. The predicted molar refractivity (Wildman–Crippen MR) is 49.8 cm³/mol. The van der Waals surface area contributed by atoms with Crippen LogP contribution in [-0.2, 0) is 0 Å². The van der Waals surface area contributed by atoms with Crippen molar-refractivity contribution in [3.63, 3.8) is 0 Å². The monoisotopic (exact) mass is 217 g/mol. The van der Waals surface area contributed by atoms with Gasteiger partial charge < -0.3 is 10.1 Å². The van der Waals surface area contributed by atoms with Gasteiger partial charge in [0.25, 0.3) is 5.72 Å². The summed E-state index contributed by atoms with van der Waals surface area (Å²) in [5, 5.41) is 2.39. The number of alkyl halides is 3. The Labute approximate surface area is 85.0 Å². The number of halogens is 3. The predicted octanol–water partition coefficient (Wildman–Crippen LogP) is 3.16. The van der Waals surface area contributed by atoms with E-state index in [2.05, 4.69) is 5.32 Å². The first-order valence-corrected chi connectivity index (χ1v) is 4.61. The first-order valence-electron chi connectivity index (χ1n) is 4.61. The standard InChI is InChI=1S/C10H10F3NO/c1-2-9(10(11,12)13)14-7-5-3-4-6-8(7)15-9/h3-6,14H,2H2,1H3. The maximum atomic E-state index is 12.8. The molecule has 0 saturated carbocycles. The molecule has 1 atom stereocenters. The van der Waals surface area contributed by atoms with Crippen LogP contribution in [0, 0.1) is 0 Å². The van der Waals surface area contributed by atoms with Gasteiger partial charge in [-0.1, -0.05) is 19.1 Å². The van der Waals surface area contributed by atoms with Gasteiger partial charge in [0.2, 0.25) is 0 Å². The molecule has 82 valence electrons. The fourth-order valence-corrected chi connectivity index (χ4v) is 1.58. The van der Waals surface area contributed by atoms with Crippen LogP contribution in [-0.4, -0.2) is 11.9 Å². The normalized spacial score (nSPS) is 24.3. The van der Waals surface area contributed by atoms with Crippen molar-refractivity contribution in [2.45, 2.75) is 25.2 Å². The number of fused-ring (bicyclic) bond motifs is 1. The zero-order chi connectivity index (χ0) is 11.1. The van der Waals surface area contributed by atoms with Gasteiger partial charge in [-0.15, -0.1) is 0 Å². The molecule has 0 bridgehead atoms. The smallest absolute Gasteiger partial charge is 0.448 e. The molecule has 0 amide bonds. The molecule has 15 heavy (non-hydrogen) atoms. The van der Waals surface area contributed by atoms with E-state index in [1.165, 1.54) is 13.0 Å². The molecule has 0 fully saturated rings. The van der Waals surface area contributed by atoms with Crippen LogP contribution in [0.15, 0.2) is 24.3 Å². The fourth-order valence-electron chi connectivity index (χ4n) is 1.58. The number of anilines is 1. The molecule has 0 aliphatic carbocycles. The van der Waals surface area contributed by atoms with Crippen molar-refractivity contribution in [1.29, 1.82) is 0 Å². The van der Waals surface area contributed by atoms with Crippen molar-refractivity contribution in [3.05, 3.63) is 24.3 Å². The lowest BCUT2D eigenvalue weighted by Crippen LogP contribution is -2.53. The molecular weight excluding hydrogens is 207 g/mol. The van der Waals surface area contributed by atoms with Crippen molar-refractivity contribution in [2.75, 3.05) is 5.32 Å². The lowest BCUT2D eigenvalue weighted by molar-refractivity contribution is -0.233. The van der Waals surface area contributed by atoms with Gasteiger partial charge in [-0.2, -0.15) is 13.2 Å². The number of rotatable bonds is 1. The highest BCUT2D eigenvalue weighted by Crippen LogP contribution is 2.45. The average molecular weight is 217 g/mol. The summed E-state index contributed by atoms with van der Waals surface area (Å²) in [6.07, 6.45) is -4.61. The highest BCUT2D eigenvalue weighted by Gasteiger charge is 2.59. The summed E-state index contributed by atoms with van der Waals surface area (Å²) in [5.74, 6) is 0.247. The Balaban J connectivity index is 2.38. The number of para-hydroxylation sites is 2. The Hall–Kier alpha value is -1.39. The molecule has 1 unspecified atom stereocenters. The second kappa shape index (κ2) is 3.05. The van der Waals surface area contributed by atoms with Crippen LogP contribution in [0.1, 0.15) is 13.3 Å². The van der Waals surface area contributed by atoms with Gasteiger partial charge in [0, 0.05) is 6.42 Å². The van der Waals surface area contributed by atoms with Crippen LogP contribution in [0.2, 0.25) is 0 Å². The Kier molecular flexibility index (Phi) is 2.06. The van der Waals surface area contributed by atoms with Crippen LogP contribution in [0.5, 0.6) is 5.75 Å². The highest BCUT2D eigenvalue weighted by atomic mass is 19.4. The highest BCUT2D eigenvalue weighted by molar-refractivity contribution is 5.61. The maximum Gasteiger partial charge on any atom is 0.448 e. The van der Waals surface area contributed by atoms with Crippen LogP contribution in [0.25, 0.3) is 0 Å². The first kappa shape index (κ1) is 10.1. The fraction of sp³-hybridized carbons (Fsp3) is 0.400. The summed E-state index contributed by atoms with van der Waals surface area (Å²) in [4.78, 5) is 0. The number of hydrogen-bond donors (Lipinski definition) is 1. The van der Waals surface area contributed by atoms with Crippen LogP contribution in [0.3, 0.4) is 0 Å². The Bertz CT molecular complexity index is 350. The number of ether oxygens (including phenoxy) is 1. The zero-order valence-corrected chi connectivity index (χ0v) is 8.06. The molecule has 1 heterocycles. The largest absolute Gasteiger partial charge is 0.456 e. The van der Waals surface area contributed by atoms with Crippen molar-refractivity contribution < 1.29 is 17.9 Å². The minimum absolute atomic E-state index is 0.175. The molecule has 1 aliphatic rings. The molecule has 0 radical (unpaired) electrons. The topological polar surface area (TPSA) is 21.3 Å². The van der Waals surface area contributed by atoms with Crippen molar-refractivity contribution in [1.82, 2.24) is 0 Å². The molecule has 1 aliphatic heterocycles. The molecule has 1 aromatic rings. The summed E-state index contributed by atoms with van der Waals surface area (Å²) >= 11 is 0. The van der Waals surface area contributed by atoms with E-state index in [-0.39, 0.29) is 12.2 Å². The molecule has 1 N–H and O–H groups in total. The Morgan fingerprint density at radius 2 is 2.00 bits per heavy atom. The van der Waals surface area contributed by atoms with E-state index < -0.39 is 11.9 Å². The quantitative estimate of drug-likeness (QED) is 0.780. The molecule has 0 saturated heterocycles. The maximum absolute atomic E-state index is 12.8. The van der Waals surface area contributed by atoms with Crippen molar-refractivity contribution >= 4 is 5.69 Å². The number of nitrogens with one attached hydrogen (secondary N) is 1. The van der Waals surface area contributed by atoms with E-state index in [1.807, 2.05) is 0 Å². The van der Waals surface area contributed by atoms with Gasteiger partial charge in [-0.05, 0) is 12.1 Å². The minimum Gasteiger partial charge on any atom is -0.456 e. The van der Waals surface area contributed by atoms with E-state index >= 15 is 0 Å². The van der Waals surface area contributed by atoms with E-state index in [0.717, 1.165) is 0 Å². The molecule has 0 spiro atoms. The third kappa shape index (κ3) is 1.42. The molecule has 2 nitrogen and oxygen atoms in total. The Morgan fingerprint density at radius 1 is 1.33 bits per heavy atom. The molecule has 2 rings (SSSR count). The number of hydrogen-bond acceptors (Lipinski definition) is 2. The Morgan fingerprint density at radius 3 is 2.53 bits per heavy atom. The van der Waals surface area contributed by atoms with Gasteiger partial charge >= 0.3 is 6.18 Å². The summed E-state index contributed by atoms with van der Waals surface area (Å²) in [6, 6.07) is 6.39. The molecular formula is C10H10F3NO. The van der Waals surface area contributed by atoms with Crippen molar-refractivity contribution in [3.8, 4) is 5.75 Å². The summed E-state index contributed by atoms with van der Waals surface area (Å²) in [7, 11) is 0. The SMILES string of the molecule is CCC1(C(F)(F)F)Nc2ccccc2O1. The van der Waals surface area contributed by atoms with E-state index in [0.29, 0.717) is 5.69 Å². The third-order valence-corrected chi connectivity index (χ3v) is 2.46. The van der Waals surface area contributed by atoms with E-state index in [1.54, 1.807) is 18.2 Å². The zero-order valence-electron chi connectivity index (χ0n) is 8.06. The van der Waals surface area contributed by atoms with Gasteiger partial charge in [0.1, 0.15) is 5.75 Å². The lowest BCUT2D eigenvalue weighted by Gasteiger charge is -2.30. The molecule has 1 aromatic carbocycles. The van der Waals surface area contributed by atoms with Gasteiger partial charge in [-0.25, -0.2) is 0 Å². The van der Waals surface area contributed by atoms with Crippen molar-refractivity contribution in [2.24, 2.45) is 0 Å². The average Bonchev–Trinajstić information content (AvgIpc) is 2.56. The van der Waals surface area contributed by atoms with Crippen LogP contribution in [0.4, 0.5) is 18.9 Å². The third-order valence-electron chi connectivity index (χ3n) is 2.46. The van der Waals surface area contributed by atoms with Gasteiger partial charge in [-0.3, -0.25) is 0 Å². The van der Waals surface area contributed by atoms with Gasteiger partial charge in [0.15, 0.2) is 0 Å². The molecule has 0 aromatic heterocycles. The minimum atomic E-state index is -4.43. The van der Waals surface area contributed by atoms with Gasteiger partial charge in [0.05, 0.1) is 5.69 Å². The molecule has 5 heteroatoms. The second-order valence-corrected chi connectivity index (χ2v) is 3.40. The van der Waals surface area contributed by atoms with Crippen LogP contribution >= 0.6 is 0 Å². The second-order valence-electron chi connectivity index (χ2n) is 3.40.